The summed E-state index contributed by atoms with van der Waals surface area (Å²) in [5.41, 5.74) is 10.8. The van der Waals surface area contributed by atoms with Gasteiger partial charge in [-0.2, -0.15) is 0 Å². The zero-order valence-corrected chi connectivity index (χ0v) is 61.0. The molecule has 0 fully saturated rings. The average Bonchev–Trinajstić information content (AvgIpc) is 2.35. The number of hydrogen-bond donors (Lipinski definition) is 0. The number of aromatic nitrogens is 19. The molecule has 0 N–H and O–H groups in total. The summed E-state index contributed by atoms with van der Waals surface area (Å²) in [5, 5.41) is 0. The summed E-state index contributed by atoms with van der Waals surface area (Å²) >= 11 is 0. The first kappa shape index (κ1) is 89.6. The van der Waals surface area contributed by atoms with Crippen molar-refractivity contribution in [2.75, 3.05) is 0 Å². The first-order valence-corrected chi connectivity index (χ1v) is 31.9. The molecule has 1 aromatic carbocycles. The second kappa shape index (κ2) is 60.2. The van der Waals surface area contributed by atoms with Gasteiger partial charge in [0, 0.05) is 37.2 Å². The van der Waals surface area contributed by atoms with Crippen molar-refractivity contribution in [1.82, 2.24) is 69.8 Å². The van der Waals surface area contributed by atoms with Crippen LogP contribution in [0, 0.1) is 34.6 Å². The van der Waals surface area contributed by atoms with Crippen LogP contribution in [0.5, 0.6) is 0 Å². The lowest BCUT2D eigenvalue weighted by Crippen LogP contribution is -2.32. The molecule has 0 bridgehead atoms. The molecule has 9 heterocycles. The van der Waals surface area contributed by atoms with Gasteiger partial charge in [0.15, 0.2) is 0 Å². The summed E-state index contributed by atoms with van der Waals surface area (Å²) < 4.78 is 9.42. The fourth-order valence-electron chi connectivity index (χ4n) is 6.77. The van der Waals surface area contributed by atoms with E-state index in [0.29, 0.717) is 0 Å². The lowest BCUT2D eigenvalue weighted by atomic mass is 10.1. The third kappa shape index (κ3) is 32.7. The van der Waals surface area contributed by atoms with E-state index in [9.17, 15) is 0 Å². The van der Waals surface area contributed by atoms with Gasteiger partial charge >= 0.3 is 0 Å². The number of pyridine rings is 4. The third-order valence-corrected chi connectivity index (χ3v) is 10.5. The summed E-state index contributed by atoms with van der Waals surface area (Å²) in [7, 11) is 9.62. The van der Waals surface area contributed by atoms with E-state index in [2.05, 4.69) is 88.8 Å². The Bertz CT molecular complexity index is 2560. The Kier molecular flexibility index (Phi) is 59.9. The molecule has 9 aromatic heterocycles. The molecule has 0 spiro atoms. The summed E-state index contributed by atoms with van der Waals surface area (Å²) in [6, 6.07) is 20.0. The van der Waals surface area contributed by atoms with Crippen LogP contribution in [0.15, 0.2) is 161 Å². The van der Waals surface area contributed by atoms with Crippen LogP contribution in [-0.4, -0.2) is 69.8 Å². The number of rotatable bonds is 5. The lowest BCUT2D eigenvalue weighted by Gasteiger charge is -2.01. The summed E-state index contributed by atoms with van der Waals surface area (Å²) in [5.74, 6) is 4.44. The van der Waals surface area contributed by atoms with Gasteiger partial charge in [-0.25, -0.2) is 27.8 Å². The Morgan fingerprint density at radius 2 is 0.556 bits per heavy atom. The predicted octanol–water partition coefficient (Wildman–Crippen LogP) is 14.2. The number of hydrogen-bond acceptors (Lipinski definition) is 14. The average molecular weight is 1240 g/mol. The quantitative estimate of drug-likeness (QED) is 0.147. The molecule has 0 saturated heterocycles. The van der Waals surface area contributed by atoms with E-state index in [1.807, 2.05) is 285 Å². The standard InChI is InChI=1S/C11H12N3.4C10H11N4.10C2H6/c1-9-5-3-4-6-10(9)11-13-7-12-8-14(11)2;1-8-5-11-4-3-9(8)10-13-6-12-7-14(10)2;1-8-3-4-11-5-9(8)10-13-6-12-7-14(10)2;1-8-9(4-3-5-12-8)10-13-6-11-7-14(10)2;1-8-4-3-5-12-9(8)10-13-6-11-7-14(10)2;10*1-2/h3-8H,1-2H3;4*3-7H,1-2H3;10*1-2H3/q5*+1;;;;;;;;;;. The zero-order chi connectivity index (χ0) is 69.8. The highest BCUT2D eigenvalue weighted by Crippen LogP contribution is 2.18. The molecular formula is C71H116N19+5. The topological polar surface area (TPSA) is 200 Å². The molecule has 0 aliphatic carbocycles. The SMILES string of the molecule is CC.CC.CC.CC.CC.CC.CC.CC.CC.CC.Cc1ccccc1-c1ncnc[n+]1C.Cc1cccnc1-c1ncnc[n+]1C.Cc1ccncc1-c1ncnc[n+]1C.Cc1cnccc1-c1ncnc[n+]1C.Cc1ncccc1-c1ncnc[n+]1C. The van der Waals surface area contributed by atoms with Crippen LogP contribution < -0.4 is 22.8 Å². The first-order chi connectivity index (χ1) is 43.9. The second-order valence-corrected chi connectivity index (χ2v) is 15.7. The number of benzene rings is 1. The van der Waals surface area contributed by atoms with Gasteiger partial charge in [-0.1, -0.05) is 213 Å². The highest BCUT2D eigenvalue weighted by molar-refractivity contribution is 5.58. The van der Waals surface area contributed by atoms with Gasteiger partial charge < -0.3 is 0 Å². The molecule has 19 nitrogen and oxygen atoms in total. The fraction of sp³-hybridized carbons (Fsp3) is 0.423. The van der Waals surface area contributed by atoms with E-state index < -0.39 is 0 Å². The Balaban J connectivity index is -0.000000312. The molecule has 90 heavy (non-hydrogen) atoms. The summed E-state index contributed by atoms with van der Waals surface area (Å²) in [4.78, 5) is 57.5. The molecule has 0 aliphatic heterocycles. The molecule has 0 saturated carbocycles. The van der Waals surface area contributed by atoms with Gasteiger partial charge in [-0.3, -0.25) is 15.0 Å². The van der Waals surface area contributed by atoms with Crippen molar-refractivity contribution in [3.8, 4) is 57.1 Å². The van der Waals surface area contributed by atoms with Crippen molar-refractivity contribution in [3.05, 3.63) is 189 Å². The molecule has 0 amide bonds. The Morgan fingerprint density at radius 1 is 0.244 bits per heavy atom. The fourth-order valence-corrected chi connectivity index (χ4v) is 6.77. The smallest absolute Gasteiger partial charge is 0.264 e. The molecule has 0 radical (unpaired) electrons. The van der Waals surface area contributed by atoms with Gasteiger partial charge in [0.2, 0.25) is 31.6 Å². The maximum Gasteiger partial charge on any atom is 0.291 e. The van der Waals surface area contributed by atoms with E-state index in [1.165, 1.54) is 11.9 Å². The van der Waals surface area contributed by atoms with Crippen molar-refractivity contribution in [1.29, 1.82) is 0 Å². The Hall–Kier alpha value is -9.13. The lowest BCUT2D eigenvalue weighted by molar-refractivity contribution is -0.666. The largest absolute Gasteiger partial charge is 0.291 e. The molecule has 10 rings (SSSR count). The van der Waals surface area contributed by atoms with Crippen LogP contribution in [0.4, 0.5) is 0 Å². The summed E-state index contributed by atoms with van der Waals surface area (Å²) in [6.45, 7) is 50.1. The monoisotopic (exact) mass is 1230 g/mol. The maximum absolute atomic E-state index is 4.30. The van der Waals surface area contributed by atoms with Gasteiger partial charge in [-0.05, 0) is 93.3 Å². The molecule has 10 aromatic rings. The number of aryl methyl sites for hydroxylation is 10. The minimum atomic E-state index is 0.832. The highest BCUT2D eigenvalue weighted by atomic mass is 15.1. The minimum absolute atomic E-state index is 0.832. The van der Waals surface area contributed by atoms with Crippen LogP contribution in [0.25, 0.3) is 57.1 Å². The van der Waals surface area contributed by atoms with Crippen LogP contribution in [0.3, 0.4) is 0 Å². The molecular weight excluding hydrogens is 1120 g/mol. The van der Waals surface area contributed by atoms with E-state index in [-0.39, 0.29) is 0 Å². The third-order valence-electron chi connectivity index (χ3n) is 10.5. The van der Waals surface area contributed by atoms with Crippen LogP contribution in [0.2, 0.25) is 0 Å². The minimum Gasteiger partial charge on any atom is -0.264 e. The Morgan fingerprint density at radius 3 is 0.933 bits per heavy atom. The van der Waals surface area contributed by atoms with Crippen molar-refractivity contribution < 1.29 is 22.8 Å². The molecule has 19 heteroatoms. The van der Waals surface area contributed by atoms with Gasteiger partial charge in [-0.15, -0.1) is 0 Å². The van der Waals surface area contributed by atoms with Gasteiger partial charge in [0.1, 0.15) is 5.69 Å². The summed E-state index contributed by atoms with van der Waals surface area (Å²) in [6.07, 6.45) is 27.2. The maximum atomic E-state index is 4.30. The van der Waals surface area contributed by atoms with Crippen LogP contribution in [-0.2, 0) is 35.2 Å². The van der Waals surface area contributed by atoms with Crippen LogP contribution in [0.1, 0.15) is 166 Å². The second-order valence-electron chi connectivity index (χ2n) is 15.7. The van der Waals surface area contributed by atoms with Gasteiger partial charge in [0.05, 0.1) is 63.2 Å². The van der Waals surface area contributed by atoms with Crippen molar-refractivity contribution >= 4 is 0 Å². The predicted molar refractivity (Wildman–Crippen MR) is 372 cm³/mol. The van der Waals surface area contributed by atoms with E-state index in [4.69, 9.17) is 0 Å². The molecule has 0 atom stereocenters. The van der Waals surface area contributed by atoms with Crippen molar-refractivity contribution in [3.63, 3.8) is 0 Å². The van der Waals surface area contributed by atoms with Crippen molar-refractivity contribution in [2.24, 2.45) is 35.2 Å². The zero-order valence-electron chi connectivity index (χ0n) is 61.0. The molecule has 490 valence electrons. The van der Waals surface area contributed by atoms with Gasteiger partial charge in [0.25, 0.3) is 60.8 Å². The van der Waals surface area contributed by atoms with E-state index in [0.717, 1.165) is 79.5 Å². The highest BCUT2D eigenvalue weighted by Gasteiger charge is 2.16. The van der Waals surface area contributed by atoms with E-state index >= 15 is 0 Å². The first-order valence-electron chi connectivity index (χ1n) is 31.9. The van der Waals surface area contributed by atoms with E-state index in [1.54, 1.807) is 81.7 Å². The Labute approximate surface area is 544 Å². The van der Waals surface area contributed by atoms with Crippen molar-refractivity contribution in [2.45, 2.75) is 173 Å². The molecule has 0 aliphatic rings. The number of nitrogens with zero attached hydrogens (tertiary/aromatic N) is 19. The normalized spacial score (nSPS) is 8.56. The van der Waals surface area contributed by atoms with Crippen LogP contribution >= 0.6 is 0 Å². The molecule has 0 unspecified atom stereocenters.